The lowest BCUT2D eigenvalue weighted by Crippen LogP contribution is -2.45. The second-order valence-corrected chi connectivity index (χ2v) is 9.05. The minimum Gasteiger partial charge on any atom is -0.490 e. The number of nitrogens with zero attached hydrogens (tertiary/aromatic N) is 1. The van der Waals surface area contributed by atoms with E-state index in [1.54, 1.807) is 50.2 Å². The van der Waals surface area contributed by atoms with Crippen LogP contribution in [0.4, 0.5) is 4.79 Å². The number of esters is 2. The number of rotatable bonds is 11. The van der Waals surface area contributed by atoms with Gasteiger partial charge in [0, 0.05) is 12.6 Å². The molecule has 12 nitrogen and oxygen atoms in total. The first-order valence-corrected chi connectivity index (χ1v) is 12.6. The van der Waals surface area contributed by atoms with Gasteiger partial charge < -0.3 is 34.7 Å². The van der Waals surface area contributed by atoms with Crippen LogP contribution in [0, 0.1) is 0 Å². The summed E-state index contributed by atoms with van der Waals surface area (Å²) < 4.78 is 22.0. The summed E-state index contributed by atoms with van der Waals surface area (Å²) in [6.07, 6.45) is 0.326. The van der Waals surface area contributed by atoms with Crippen LogP contribution in [-0.4, -0.2) is 55.8 Å². The molecule has 0 unspecified atom stereocenters. The molecule has 39 heavy (non-hydrogen) atoms. The number of urea groups is 1. The molecular formula is C26H29BrN4O8. The summed E-state index contributed by atoms with van der Waals surface area (Å²) in [5, 5.41) is 19.6. The van der Waals surface area contributed by atoms with E-state index in [9.17, 15) is 19.5 Å². The normalized spacial score (nSPS) is 15.7. The van der Waals surface area contributed by atoms with Gasteiger partial charge in [-0.1, -0.05) is 6.07 Å². The number of carbonyl (C=O) groups excluding carboxylic acids is 3. The molecule has 0 saturated heterocycles. The lowest BCUT2D eigenvalue weighted by atomic mass is 9.95. The van der Waals surface area contributed by atoms with Crippen LogP contribution in [0.1, 0.15) is 37.9 Å². The highest BCUT2D eigenvalue weighted by molar-refractivity contribution is 9.10. The van der Waals surface area contributed by atoms with Gasteiger partial charge in [-0.2, -0.15) is 5.10 Å². The van der Waals surface area contributed by atoms with Crippen molar-refractivity contribution < 1.29 is 38.4 Å². The Bertz CT molecular complexity index is 1300. The number of hydrazone groups is 1. The van der Waals surface area contributed by atoms with E-state index in [0.29, 0.717) is 45.2 Å². The number of hydrogen-bond donors (Lipinski definition) is 4. The molecule has 1 heterocycles. The predicted molar refractivity (Wildman–Crippen MR) is 144 cm³/mol. The fraction of sp³-hybridized carbons (Fsp3) is 0.308. The lowest BCUT2D eigenvalue weighted by Gasteiger charge is -2.28. The number of halogens is 1. The summed E-state index contributed by atoms with van der Waals surface area (Å²) in [6, 6.07) is 8.76. The van der Waals surface area contributed by atoms with E-state index < -0.39 is 30.2 Å². The molecule has 0 aliphatic carbocycles. The fourth-order valence-corrected chi connectivity index (χ4v) is 4.13. The molecule has 0 bridgehead atoms. The number of allylic oxidation sites excluding steroid dienone is 1. The van der Waals surface area contributed by atoms with E-state index in [1.165, 1.54) is 20.2 Å². The lowest BCUT2D eigenvalue weighted by molar-refractivity contribution is -0.136. The summed E-state index contributed by atoms with van der Waals surface area (Å²) in [4.78, 5) is 35.6. The van der Waals surface area contributed by atoms with Crippen LogP contribution in [0.15, 0.2) is 57.2 Å². The average Bonchev–Trinajstić information content (AvgIpc) is 2.88. The van der Waals surface area contributed by atoms with Crippen molar-refractivity contribution >= 4 is 40.1 Å². The highest BCUT2D eigenvalue weighted by atomic mass is 79.9. The summed E-state index contributed by atoms with van der Waals surface area (Å²) >= 11 is 3.33. The highest BCUT2D eigenvalue weighted by Crippen LogP contribution is 2.35. The second-order valence-electron chi connectivity index (χ2n) is 8.20. The third kappa shape index (κ3) is 7.94. The van der Waals surface area contributed by atoms with Crippen molar-refractivity contribution in [3.63, 3.8) is 0 Å². The zero-order valence-corrected chi connectivity index (χ0v) is 23.3. The Morgan fingerprint density at radius 2 is 1.92 bits per heavy atom. The van der Waals surface area contributed by atoms with Gasteiger partial charge >= 0.3 is 18.0 Å². The number of aliphatic hydroxyl groups excluding tert-OH is 1. The second kappa shape index (κ2) is 13.6. The Kier molecular flexibility index (Phi) is 10.3. The predicted octanol–water partition coefficient (Wildman–Crippen LogP) is 2.89. The van der Waals surface area contributed by atoms with Gasteiger partial charge in [0.2, 0.25) is 0 Å². The van der Waals surface area contributed by atoms with Gasteiger partial charge in [-0.05, 0) is 71.2 Å². The van der Waals surface area contributed by atoms with Gasteiger partial charge in [-0.15, -0.1) is 0 Å². The van der Waals surface area contributed by atoms with Crippen LogP contribution in [0.3, 0.4) is 0 Å². The number of nitrogens with one attached hydrogen (secondary N) is 3. The zero-order chi connectivity index (χ0) is 28.5. The number of benzene rings is 2. The smallest absolute Gasteiger partial charge is 0.337 e. The van der Waals surface area contributed by atoms with Gasteiger partial charge in [-0.3, -0.25) is 10.2 Å². The number of methoxy groups -OCH3 is 1. The van der Waals surface area contributed by atoms with E-state index in [1.807, 2.05) is 0 Å². The third-order valence-electron chi connectivity index (χ3n) is 5.32. The van der Waals surface area contributed by atoms with Crippen molar-refractivity contribution in [3.05, 3.63) is 63.3 Å². The van der Waals surface area contributed by atoms with Crippen LogP contribution < -0.4 is 30.3 Å². The molecule has 0 aromatic heterocycles. The molecule has 0 saturated carbocycles. The standard InChI is InChI=1S/C26H29BrN4O8/c1-5-37-21-11-17(24-23(25(34)36-4)14(2)29-26(35)30-24)7-9-20(21)38-13-22(33)31-28-12-16-6-8-19(18(27)10-16)39-15(3)32/h6-12,22,24,31,33H,5,13H2,1-4H3,(H2,29,30,35)/b28-12+/t22-,24+/m0/s1. The molecule has 4 N–H and O–H groups in total. The third-order valence-corrected chi connectivity index (χ3v) is 5.94. The van der Waals surface area contributed by atoms with Crippen LogP contribution in [0.5, 0.6) is 17.2 Å². The molecular weight excluding hydrogens is 576 g/mol. The maximum atomic E-state index is 12.4. The van der Waals surface area contributed by atoms with Gasteiger partial charge in [0.25, 0.3) is 0 Å². The molecule has 0 radical (unpaired) electrons. The Hall–Kier alpha value is -4.10. The molecule has 2 amide bonds. The van der Waals surface area contributed by atoms with Crippen molar-refractivity contribution in [1.29, 1.82) is 0 Å². The van der Waals surface area contributed by atoms with Crippen molar-refractivity contribution in [2.45, 2.75) is 33.0 Å². The van der Waals surface area contributed by atoms with Gasteiger partial charge in [0.15, 0.2) is 17.7 Å². The SMILES string of the molecule is CCOc1cc([C@H]2NC(=O)NC(C)=C2C(=O)OC)ccc1OC[C@H](O)N/N=C/c1ccc(OC(C)=O)c(Br)c1. The summed E-state index contributed by atoms with van der Waals surface area (Å²) in [5.41, 5.74) is 4.48. The fourth-order valence-electron chi connectivity index (χ4n) is 3.65. The Balaban J connectivity index is 1.67. The van der Waals surface area contributed by atoms with E-state index >= 15 is 0 Å². The van der Waals surface area contributed by atoms with E-state index in [2.05, 4.69) is 37.1 Å². The quantitative estimate of drug-likeness (QED) is 0.0995. The first-order chi connectivity index (χ1) is 18.6. The Labute approximate surface area is 233 Å². The molecule has 3 rings (SSSR count). The van der Waals surface area contributed by atoms with Crippen molar-refractivity contribution in [3.8, 4) is 17.2 Å². The molecule has 2 atom stereocenters. The first kappa shape index (κ1) is 29.5. The number of hydrogen-bond acceptors (Lipinski definition) is 10. The number of amides is 2. The van der Waals surface area contributed by atoms with Gasteiger partial charge in [0.1, 0.15) is 12.4 Å². The number of ether oxygens (including phenoxy) is 4. The minimum absolute atomic E-state index is 0.164. The summed E-state index contributed by atoms with van der Waals surface area (Å²) in [5.74, 6) is 0.0761. The molecule has 0 spiro atoms. The summed E-state index contributed by atoms with van der Waals surface area (Å²) in [7, 11) is 1.27. The zero-order valence-electron chi connectivity index (χ0n) is 21.7. The first-order valence-electron chi connectivity index (χ1n) is 11.8. The van der Waals surface area contributed by atoms with E-state index in [-0.39, 0.29) is 12.2 Å². The van der Waals surface area contributed by atoms with Crippen LogP contribution >= 0.6 is 15.9 Å². The maximum Gasteiger partial charge on any atom is 0.337 e. The summed E-state index contributed by atoms with van der Waals surface area (Å²) in [6.45, 7) is 4.89. The van der Waals surface area contributed by atoms with Crippen molar-refractivity contribution in [2.75, 3.05) is 20.3 Å². The van der Waals surface area contributed by atoms with Crippen LogP contribution in [0.2, 0.25) is 0 Å². The molecule has 13 heteroatoms. The van der Waals surface area contributed by atoms with Crippen LogP contribution in [0.25, 0.3) is 0 Å². The molecule has 1 aliphatic heterocycles. The van der Waals surface area contributed by atoms with Crippen LogP contribution in [-0.2, 0) is 14.3 Å². The monoisotopic (exact) mass is 604 g/mol. The van der Waals surface area contributed by atoms with Crippen molar-refractivity contribution in [2.24, 2.45) is 5.10 Å². The minimum atomic E-state index is -1.15. The maximum absolute atomic E-state index is 12.4. The molecule has 208 valence electrons. The highest BCUT2D eigenvalue weighted by Gasteiger charge is 2.32. The Morgan fingerprint density at radius 3 is 2.59 bits per heavy atom. The van der Waals surface area contributed by atoms with Gasteiger partial charge in [-0.25, -0.2) is 9.59 Å². The number of aliphatic hydroxyl groups is 1. The Morgan fingerprint density at radius 1 is 1.18 bits per heavy atom. The largest absolute Gasteiger partial charge is 0.490 e. The topological polar surface area (TPSA) is 157 Å². The molecule has 1 aliphatic rings. The van der Waals surface area contributed by atoms with Crippen molar-refractivity contribution in [1.82, 2.24) is 16.1 Å². The molecule has 0 fully saturated rings. The molecule has 2 aromatic rings. The van der Waals surface area contributed by atoms with E-state index in [0.717, 1.165) is 0 Å². The molecule has 2 aromatic carbocycles. The number of carbonyl (C=O) groups is 3. The average molecular weight is 605 g/mol. The van der Waals surface area contributed by atoms with E-state index in [4.69, 9.17) is 18.9 Å². The van der Waals surface area contributed by atoms with Gasteiger partial charge in [0.05, 0.1) is 36.0 Å².